The summed E-state index contributed by atoms with van der Waals surface area (Å²) in [5.74, 6) is 0.793. The highest BCUT2D eigenvalue weighted by Crippen LogP contribution is 2.36. The van der Waals surface area contributed by atoms with Crippen LogP contribution in [0.3, 0.4) is 0 Å². The van der Waals surface area contributed by atoms with Gasteiger partial charge in [0, 0.05) is 32.0 Å². The van der Waals surface area contributed by atoms with Gasteiger partial charge in [-0.2, -0.15) is 4.31 Å². The predicted molar refractivity (Wildman–Crippen MR) is 85.3 cm³/mol. The lowest BCUT2D eigenvalue weighted by Crippen LogP contribution is -2.62. The molecule has 4 rings (SSSR count). The molecule has 0 aromatic carbocycles. The summed E-state index contributed by atoms with van der Waals surface area (Å²) in [5, 5.41) is 2.89. The van der Waals surface area contributed by atoms with Crippen LogP contribution in [0.5, 0.6) is 0 Å². The molecule has 0 radical (unpaired) electrons. The third-order valence-corrected chi connectivity index (χ3v) is 7.88. The number of nitrogens with one attached hydrogen (secondary N) is 1. The second kappa shape index (κ2) is 6.01. The van der Waals surface area contributed by atoms with Crippen molar-refractivity contribution in [1.29, 1.82) is 0 Å². The van der Waals surface area contributed by atoms with Gasteiger partial charge in [0.2, 0.25) is 15.9 Å². The standard InChI is InChI=1S/C16H26N2O4S/c19-15(8-11-3-4-11)17-14-10-18(23(20,21)13-5-6-13)9-12-2-1-7-22-16(12)14/h11-14,16H,1-10H2,(H,17,19)/t12-,14+,16-/m0/s1. The number of carbonyl (C=O) groups is 1. The van der Waals surface area contributed by atoms with Crippen LogP contribution in [0.15, 0.2) is 0 Å². The van der Waals surface area contributed by atoms with Gasteiger partial charge < -0.3 is 10.1 Å². The van der Waals surface area contributed by atoms with Crippen LogP contribution < -0.4 is 5.32 Å². The maximum Gasteiger partial charge on any atom is 0.220 e. The monoisotopic (exact) mass is 342 g/mol. The molecule has 0 spiro atoms. The Bertz CT molecular complexity index is 571. The minimum atomic E-state index is -3.19. The normalized spacial score (nSPS) is 35.6. The lowest BCUT2D eigenvalue weighted by atomic mass is 9.86. The van der Waals surface area contributed by atoms with E-state index in [0.29, 0.717) is 32.0 Å². The van der Waals surface area contributed by atoms with Crippen molar-refractivity contribution in [3.63, 3.8) is 0 Å². The van der Waals surface area contributed by atoms with Gasteiger partial charge in [-0.25, -0.2) is 8.42 Å². The fraction of sp³-hybridized carbons (Fsp3) is 0.938. The average molecular weight is 342 g/mol. The number of piperidine rings is 1. The number of sulfonamides is 1. The van der Waals surface area contributed by atoms with E-state index in [1.54, 1.807) is 4.31 Å². The smallest absolute Gasteiger partial charge is 0.220 e. The fourth-order valence-corrected chi connectivity index (χ4v) is 5.85. The molecule has 0 unspecified atom stereocenters. The Hall–Kier alpha value is -0.660. The molecule has 1 N–H and O–H groups in total. The topological polar surface area (TPSA) is 75.7 Å². The van der Waals surface area contributed by atoms with Gasteiger partial charge in [0.1, 0.15) is 0 Å². The Kier molecular flexibility index (Phi) is 4.14. The van der Waals surface area contributed by atoms with Crippen LogP contribution in [-0.2, 0) is 19.6 Å². The highest BCUT2D eigenvalue weighted by atomic mass is 32.2. The third kappa shape index (κ3) is 3.42. The van der Waals surface area contributed by atoms with E-state index in [1.165, 1.54) is 0 Å². The number of carbonyl (C=O) groups excluding carboxylic acids is 1. The first-order valence-electron chi connectivity index (χ1n) is 8.94. The molecule has 0 aromatic heterocycles. The Balaban J connectivity index is 1.47. The van der Waals surface area contributed by atoms with E-state index in [-0.39, 0.29) is 29.2 Å². The molecular formula is C16H26N2O4S. The van der Waals surface area contributed by atoms with Crippen molar-refractivity contribution in [3.05, 3.63) is 0 Å². The van der Waals surface area contributed by atoms with E-state index in [9.17, 15) is 13.2 Å². The van der Waals surface area contributed by atoms with Crippen molar-refractivity contribution < 1.29 is 17.9 Å². The van der Waals surface area contributed by atoms with Gasteiger partial charge in [0.15, 0.2) is 0 Å². The van der Waals surface area contributed by atoms with Crippen molar-refractivity contribution in [2.45, 2.75) is 62.3 Å². The van der Waals surface area contributed by atoms with Crippen molar-refractivity contribution in [3.8, 4) is 0 Å². The van der Waals surface area contributed by atoms with Crippen LogP contribution in [-0.4, -0.2) is 55.7 Å². The van der Waals surface area contributed by atoms with Gasteiger partial charge in [0.25, 0.3) is 0 Å². The molecule has 4 fully saturated rings. The molecule has 0 bridgehead atoms. The third-order valence-electron chi connectivity index (χ3n) is 5.55. The van der Waals surface area contributed by atoms with Crippen molar-refractivity contribution in [2.24, 2.45) is 11.8 Å². The Morgan fingerprint density at radius 2 is 1.91 bits per heavy atom. The summed E-state index contributed by atoms with van der Waals surface area (Å²) in [6.07, 6.45) is 6.34. The molecule has 6 nitrogen and oxygen atoms in total. The minimum Gasteiger partial charge on any atom is -0.376 e. The quantitative estimate of drug-likeness (QED) is 0.804. The van der Waals surface area contributed by atoms with Crippen LogP contribution in [0.1, 0.15) is 44.9 Å². The highest BCUT2D eigenvalue weighted by Gasteiger charge is 2.47. The first kappa shape index (κ1) is 15.8. The Morgan fingerprint density at radius 1 is 1.13 bits per heavy atom. The molecule has 23 heavy (non-hydrogen) atoms. The minimum absolute atomic E-state index is 0.0300. The number of fused-ring (bicyclic) bond motifs is 1. The van der Waals surface area contributed by atoms with Gasteiger partial charge in [-0.3, -0.25) is 4.79 Å². The van der Waals surface area contributed by atoms with E-state index < -0.39 is 10.0 Å². The largest absolute Gasteiger partial charge is 0.376 e. The summed E-state index contributed by atoms with van der Waals surface area (Å²) in [4.78, 5) is 12.2. The van der Waals surface area contributed by atoms with E-state index in [2.05, 4.69) is 5.32 Å². The van der Waals surface area contributed by atoms with Crippen LogP contribution in [0.2, 0.25) is 0 Å². The number of nitrogens with zero attached hydrogens (tertiary/aromatic N) is 1. The van der Waals surface area contributed by atoms with Gasteiger partial charge in [-0.15, -0.1) is 0 Å². The molecule has 2 saturated heterocycles. The first-order chi connectivity index (χ1) is 11.0. The molecule has 1 amide bonds. The second-order valence-electron chi connectivity index (χ2n) is 7.62. The summed E-state index contributed by atoms with van der Waals surface area (Å²) in [6, 6.07) is -0.200. The fourth-order valence-electron chi connectivity index (χ4n) is 3.93. The summed E-state index contributed by atoms with van der Waals surface area (Å²) in [6.45, 7) is 1.64. The van der Waals surface area contributed by atoms with E-state index in [4.69, 9.17) is 4.74 Å². The Labute approximate surface area is 138 Å². The predicted octanol–water partition coefficient (Wildman–Crippen LogP) is 0.874. The van der Waals surface area contributed by atoms with Gasteiger partial charge in [-0.05, 0) is 44.4 Å². The summed E-state index contributed by atoms with van der Waals surface area (Å²) < 4.78 is 32.8. The zero-order valence-corrected chi connectivity index (χ0v) is 14.3. The second-order valence-corrected chi connectivity index (χ2v) is 9.83. The molecule has 2 saturated carbocycles. The summed E-state index contributed by atoms with van der Waals surface area (Å²) >= 11 is 0. The van der Waals surface area contributed by atoms with Crippen LogP contribution >= 0.6 is 0 Å². The van der Waals surface area contributed by atoms with Crippen molar-refractivity contribution >= 4 is 15.9 Å². The average Bonchev–Trinajstić information content (AvgIpc) is 3.39. The number of hydrogen-bond donors (Lipinski definition) is 1. The van der Waals surface area contributed by atoms with Crippen molar-refractivity contribution in [1.82, 2.24) is 9.62 Å². The molecule has 2 heterocycles. The number of amides is 1. The highest BCUT2D eigenvalue weighted by molar-refractivity contribution is 7.90. The molecule has 130 valence electrons. The molecule has 2 aliphatic heterocycles. The summed E-state index contributed by atoms with van der Waals surface area (Å²) in [7, 11) is -3.19. The molecule has 3 atom stereocenters. The zero-order valence-electron chi connectivity index (χ0n) is 13.4. The molecule has 2 aliphatic carbocycles. The molecular weight excluding hydrogens is 316 g/mol. The van der Waals surface area contributed by atoms with Crippen LogP contribution in [0.25, 0.3) is 0 Å². The van der Waals surface area contributed by atoms with E-state index >= 15 is 0 Å². The van der Waals surface area contributed by atoms with E-state index in [1.807, 2.05) is 0 Å². The number of ether oxygens (including phenoxy) is 1. The maximum absolute atomic E-state index is 12.6. The van der Waals surface area contributed by atoms with E-state index in [0.717, 1.165) is 38.5 Å². The lowest BCUT2D eigenvalue weighted by molar-refractivity contribution is -0.126. The van der Waals surface area contributed by atoms with Crippen LogP contribution in [0.4, 0.5) is 0 Å². The van der Waals surface area contributed by atoms with Gasteiger partial charge in [-0.1, -0.05) is 0 Å². The Morgan fingerprint density at radius 3 is 2.61 bits per heavy atom. The maximum atomic E-state index is 12.6. The molecule has 0 aromatic rings. The first-order valence-corrected chi connectivity index (χ1v) is 10.4. The van der Waals surface area contributed by atoms with Gasteiger partial charge in [0.05, 0.1) is 17.4 Å². The number of hydrogen-bond acceptors (Lipinski definition) is 4. The van der Waals surface area contributed by atoms with Gasteiger partial charge >= 0.3 is 0 Å². The SMILES string of the molecule is O=C(CC1CC1)N[C@@H]1CN(S(=O)(=O)C2CC2)C[C@@H]2CCCO[C@@H]21. The summed E-state index contributed by atoms with van der Waals surface area (Å²) in [5.41, 5.74) is 0. The van der Waals surface area contributed by atoms with Crippen molar-refractivity contribution in [2.75, 3.05) is 19.7 Å². The number of rotatable bonds is 5. The molecule has 4 aliphatic rings. The molecule has 7 heteroatoms. The van der Waals surface area contributed by atoms with Crippen LogP contribution in [0, 0.1) is 11.8 Å². The zero-order chi connectivity index (χ0) is 16.0. The lowest BCUT2D eigenvalue weighted by Gasteiger charge is -2.45.